The van der Waals surface area contributed by atoms with Crippen LogP contribution in [0.2, 0.25) is 5.02 Å². The molecule has 1 aromatic rings. The van der Waals surface area contributed by atoms with Crippen molar-refractivity contribution >= 4 is 34.9 Å². The van der Waals surface area contributed by atoms with Gasteiger partial charge in [0.1, 0.15) is 11.7 Å². The van der Waals surface area contributed by atoms with Crippen LogP contribution < -0.4 is 10.1 Å². The Kier molecular flexibility index (Phi) is 4.14. The molecule has 23 heavy (non-hydrogen) atoms. The van der Waals surface area contributed by atoms with Crippen molar-refractivity contribution in [2.45, 2.75) is 32.5 Å². The van der Waals surface area contributed by atoms with Gasteiger partial charge >= 0.3 is 5.97 Å². The number of fused-ring (bicyclic) bond motifs is 4. The van der Waals surface area contributed by atoms with E-state index in [4.69, 9.17) is 33.3 Å². The van der Waals surface area contributed by atoms with Crippen molar-refractivity contribution in [3.8, 4) is 5.75 Å². The van der Waals surface area contributed by atoms with E-state index >= 15 is 0 Å². The van der Waals surface area contributed by atoms with E-state index in [0.717, 1.165) is 5.56 Å². The number of carbonyl (C=O) groups is 1. The number of hydrogen-bond donors (Lipinski definition) is 1. The lowest BCUT2D eigenvalue weighted by atomic mass is 9.79. The van der Waals surface area contributed by atoms with Crippen LogP contribution in [0.4, 0.5) is 0 Å². The fourth-order valence-corrected chi connectivity index (χ4v) is 4.09. The summed E-state index contributed by atoms with van der Waals surface area (Å²) in [5, 5.41) is 4.41. The van der Waals surface area contributed by atoms with Crippen LogP contribution in [-0.2, 0) is 9.53 Å². The lowest BCUT2D eigenvalue weighted by Gasteiger charge is -2.55. The van der Waals surface area contributed by atoms with E-state index < -0.39 is 11.6 Å². The molecule has 3 atom stereocenters. The van der Waals surface area contributed by atoms with Crippen LogP contribution in [0.15, 0.2) is 18.2 Å². The van der Waals surface area contributed by atoms with Crippen LogP contribution in [0.25, 0.3) is 0 Å². The second-order valence-corrected chi connectivity index (χ2v) is 6.56. The van der Waals surface area contributed by atoms with E-state index in [0.29, 0.717) is 29.0 Å². The van der Waals surface area contributed by atoms with Crippen molar-refractivity contribution in [3.63, 3.8) is 0 Å². The first kappa shape index (κ1) is 16.3. The van der Waals surface area contributed by atoms with E-state index in [-0.39, 0.29) is 12.0 Å². The quantitative estimate of drug-likeness (QED) is 0.665. The Bertz CT molecular complexity index is 669. The molecular weight excluding hydrogens is 336 g/mol. The highest BCUT2D eigenvalue weighted by atomic mass is 35.5. The molecule has 1 fully saturated rings. The molecule has 0 spiro atoms. The minimum Gasteiger partial charge on any atom is -0.467 e. The molecule has 124 valence electrons. The zero-order valence-corrected chi connectivity index (χ0v) is 14.8. The van der Waals surface area contributed by atoms with Gasteiger partial charge in [-0.2, -0.15) is 0 Å². The number of hydrogen-bond acceptors (Lipinski definition) is 4. The summed E-state index contributed by atoms with van der Waals surface area (Å²) < 4.78 is 11.5. The third-order valence-corrected chi connectivity index (χ3v) is 5.02. The van der Waals surface area contributed by atoms with Gasteiger partial charge in [0, 0.05) is 17.1 Å². The fraction of sp³-hybridized carbons (Fsp3) is 0.500. The zero-order valence-electron chi connectivity index (χ0n) is 13.3. The molecule has 2 aliphatic rings. The number of ether oxygens (including phenoxy) is 2. The van der Waals surface area contributed by atoms with Crippen LogP contribution in [0.3, 0.4) is 0 Å². The van der Waals surface area contributed by atoms with E-state index in [1.165, 1.54) is 0 Å². The van der Waals surface area contributed by atoms with Crippen molar-refractivity contribution in [2.24, 2.45) is 5.92 Å². The van der Waals surface area contributed by atoms with Crippen LogP contribution >= 0.6 is 23.8 Å². The molecule has 2 bridgehead atoms. The summed E-state index contributed by atoms with van der Waals surface area (Å²) in [7, 11) is 0. The van der Waals surface area contributed by atoms with Gasteiger partial charge in [0.2, 0.25) is 0 Å². The third-order valence-electron chi connectivity index (χ3n) is 4.45. The van der Waals surface area contributed by atoms with Crippen molar-refractivity contribution in [2.75, 3.05) is 13.2 Å². The maximum atomic E-state index is 12.6. The average Bonchev–Trinajstić information content (AvgIpc) is 2.48. The van der Waals surface area contributed by atoms with Crippen molar-refractivity contribution in [3.05, 3.63) is 28.8 Å². The normalized spacial score (nSPS) is 28.5. The summed E-state index contributed by atoms with van der Waals surface area (Å²) in [5.41, 5.74) is -0.0689. The minimum atomic E-state index is -0.894. The number of benzene rings is 1. The third kappa shape index (κ3) is 2.44. The highest BCUT2D eigenvalue weighted by Crippen LogP contribution is 2.49. The molecule has 1 N–H and O–H groups in total. The summed E-state index contributed by atoms with van der Waals surface area (Å²) in [6, 6.07) is 5.09. The Hall–Kier alpha value is -1.53. The monoisotopic (exact) mass is 354 g/mol. The smallest absolute Gasteiger partial charge is 0.317 e. The maximum absolute atomic E-state index is 12.6. The van der Waals surface area contributed by atoms with Crippen LogP contribution in [-0.4, -0.2) is 34.9 Å². The van der Waals surface area contributed by atoms with E-state index in [9.17, 15) is 4.79 Å². The first-order chi connectivity index (χ1) is 10.9. The Balaban J connectivity index is 2.15. The Morgan fingerprint density at radius 3 is 2.91 bits per heavy atom. The number of rotatable bonds is 3. The molecule has 2 aliphatic heterocycles. The number of esters is 1. The lowest BCUT2D eigenvalue weighted by molar-refractivity contribution is -0.174. The SMILES string of the molecule is CCOC(=O)[C@@H]1[C@H]2NC(=S)N(CC)[C@@]1(C)Oc1ccc(Cl)cc12. The predicted molar refractivity (Wildman–Crippen MR) is 91.5 cm³/mol. The predicted octanol–water partition coefficient (Wildman–Crippen LogP) is 2.88. The van der Waals surface area contributed by atoms with Gasteiger partial charge in [0.25, 0.3) is 0 Å². The Morgan fingerprint density at radius 2 is 2.26 bits per heavy atom. The van der Waals surface area contributed by atoms with Crippen molar-refractivity contribution < 1.29 is 14.3 Å². The molecule has 0 radical (unpaired) electrons. The molecule has 1 aromatic carbocycles. The van der Waals surface area contributed by atoms with Crippen LogP contribution in [0, 0.1) is 5.92 Å². The molecule has 0 aliphatic carbocycles. The van der Waals surface area contributed by atoms with Gasteiger partial charge in [0.05, 0.1) is 12.6 Å². The molecule has 7 heteroatoms. The standard InChI is InChI=1S/C16H19ClN2O3S/c1-4-19-15(23)18-13-10-8-9(17)6-7-11(10)22-16(19,3)12(13)14(20)21-5-2/h6-8,12-13H,4-5H2,1-3H3,(H,18,23)/t12-,13-,16-/m0/s1. The number of nitrogens with zero attached hydrogens (tertiary/aromatic N) is 1. The van der Waals surface area contributed by atoms with Crippen molar-refractivity contribution in [1.29, 1.82) is 0 Å². The van der Waals surface area contributed by atoms with E-state index in [2.05, 4.69) is 5.32 Å². The van der Waals surface area contributed by atoms with Crippen LogP contribution in [0.5, 0.6) is 5.75 Å². The minimum absolute atomic E-state index is 0.306. The average molecular weight is 355 g/mol. The molecule has 0 unspecified atom stereocenters. The number of halogens is 1. The second-order valence-electron chi connectivity index (χ2n) is 5.74. The fourth-order valence-electron chi connectivity index (χ4n) is 3.47. The molecule has 5 nitrogen and oxygen atoms in total. The highest BCUT2D eigenvalue weighted by molar-refractivity contribution is 7.80. The molecule has 0 amide bonds. The van der Waals surface area contributed by atoms with Gasteiger partial charge in [-0.15, -0.1) is 0 Å². The molecule has 2 heterocycles. The lowest BCUT2D eigenvalue weighted by Crippen LogP contribution is -2.71. The van der Waals surface area contributed by atoms with Crippen LogP contribution in [0.1, 0.15) is 32.4 Å². The zero-order chi connectivity index (χ0) is 16.8. The molecular formula is C16H19ClN2O3S. The van der Waals surface area contributed by atoms with Gasteiger partial charge in [-0.3, -0.25) is 4.79 Å². The first-order valence-corrected chi connectivity index (χ1v) is 8.44. The van der Waals surface area contributed by atoms with E-state index in [1.54, 1.807) is 13.0 Å². The number of nitrogens with one attached hydrogen (secondary N) is 1. The van der Waals surface area contributed by atoms with Crippen molar-refractivity contribution in [1.82, 2.24) is 10.2 Å². The summed E-state index contributed by atoms with van der Waals surface area (Å²) in [6.45, 7) is 6.59. The summed E-state index contributed by atoms with van der Waals surface area (Å²) in [4.78, 5) is 14.5. The second kappa shape index (κ2) is 5.83. The Labute approximate surface area is 145 Å². The molecule has 0 saturated carbocycles. The van der Waals surface area contributed by atoms with Gasteiger partial charge in [0.15, 0.2) is 10.8 Å². The van der Waals surface area contributed by atoms with Gasteiger partial charge in [-0.05, 0) is 51.2 Å². The largest absolute Gasteiger partial charge is 0.467 e. The summed E-state index contributed by atoms with van der Waals surface area (Å²) >= 11 is 11.6. The summed E-state index contributed by atoms with van der Waals surface area (Å²) in [6.07, 6.45) is 0. The Morgan fingerprint density at radius 1 is 1.52 bits per heavy atom. The maximum Gasteiger partial charge on any atom is 0.317 e. The van der Waals surface area contributed by atoms with E-state index in [1.807, 2.05) is 30.9 Å². The molecule has 3 rings (SSSR count). The van der Waals surface area contributed by atoms with Gasteiger partial charge in [-0.1, -0.05) is 11.6 Å². The van der Waals surface area contributed by atoms with Gasteiger partial charge < -0.3 is 19.7 Å². The van der Waals surface area contributed by atoms with Gasteiger partial charge in [-0.25, -0.2) is 0 Å². The molecule has 0 aromatic heterocycles. The summed E-state index contributed by atoms with van der Waals surface area (Å²) in [5.74, 6) is -0.143. The number of carbonyl (C=O) groups excluding carboxylic acids is 1. The first-order valence-electron chi connectivity index (χ1n) is 7.65. The topological polar surface area (TPSA) is 50.8 Å². The highest BCUT2D eigenvalue weighted by Gasteiger charge is 2.58. The molecule has 1 saturated heterocycles. The number of thiocarbonyl (C=S) groups is 1.